The second-order valence-corrected chi connectivity index (χ2v) is 8.26. The maximum Gasteiger partial charge on any atom is 0.300 e. The normalized spacial score (nSPS) is 13.7. The number of halogens is 1. The summed E-state index contributed by atoms with van der Waals surface area (Å²) in [7, 11) is -3.85. The highest BCUT2D eigenvalue weighted by molar-refractivity contribution is 7.91. The van der Waals surface area contributed by atoms with Crippen molar-refractivity contribution in [3.05, 3.63) is 20.5 Å². The van der Waals surface area contributed by atoms with Crippen LogP contribution in [0.4, 0.5) is 5.69 Å². The van der Waals surface area contributed by atoms with Crippen molar-refractivity contribution in [3.8, 4) is 0 Å². The maximum atomic E-state index is 12.1. The molecule has 0 amide bonds. The molecule has 1 atom stereocenters. The third-order valence-corrected chi connectivity index (χ3v) is 5.80. The molecule has 3 N–H and O–H groups in total. The molecule has 0 fully saturated rings. The van der Waals surface area contributed by atoms with Crippen LogP contribution in [0.2, 0.25) is 4.34 Å². The van der Waals surface area contributed by atoms with Gasteiger partial charge in [0, 0.05) is 18.7 Å². The predicted octanol–water partition coefficient (Wildman–Crippen LogP) is 1.96. The zero-order valence-electron chi connectivity index (χ0n) is 11.0. The van der Waals surface area contributed by atoms with Crippen LogP contribution in [0.1, 0.15) is 20.3 Å². The zero-order chi connectivity index (χ0) is 15.5. The average Bonchev–Trinajstić information content (AvgIpc) is 2.70. The first-order valence-electron chi connectivity index (χ1n) is 5.83. The van der Waals surface area contributed by atoms with Gasteiger partial charge in [0.2, 0.25) is 0 Å². The van der Waals surface area contributed by atoms with Gasteiger partial charge in [-0.3, -0.25) is 10.1 Å². The lowest BCUT2D eigenvalue weighted by Gasteiger charge is -2.17. The van der Waals surface area contributed by atoms with E-state index in [2.05, 4.69) is 4.72 Å². The van der Waals surface area contributed by atoms with Gasteiger partial charge in [0.15, 0.2) is 4.34 Å². The molecule has 10 heteroatoms. The van der Waals surface area contributed by atoms with Crippen LogP contribution in [-0.2, 0) is 10.0 Å². The van der Waals surface area contributed by atoms with Gasteiger partial charge in [-0.05, 0) is 12.3 Å². The molecule has 1 heterocycles. The maximum absolute atomic E-state index is 12.1. The van der Waals surface area contributed by atoms with Crippen LogP contribution in [0.15, 0.2) is 10.3 Å². The Labute approximate surface area is 126 Å². The standard InChI is InChI=1S/C10H16ClN3O4S2/c1-6(2)3-7(5-12)13-20(17,18)9-4-8(14(15)16)10(11)19-9/h4,6-7,13H,3,5,12H2,1-2H3. The molecule has 1 rings (SSSR count). The van der Waals surface area contributed by atoms with Crippen LogP contribution in [0.5, 0.6) is 0 Å². The third-order valence-electron chi connectivity index (χ3n) is 2.47. The molecule has 0 aliphatic carbocycles. The first-order chi connectivity index (χ1) is 9.17. The smallest absolute Gasteiger partial charge is 0.300 e. The molecule has 0 aliphatic rings. The van der Waals surface area contributed by atoms with Crippen molar-refractivity contribution in [2.75, 3.05) is 6.54 Å². The summed E-state index contributed by atoms with van der Waals surface area (Å²) in [5.41, 5.74) is 5.12. The van der Waals surface area contributed by atoms with E-state index in [1.165, 1.54) is 0 Å². The molecule has 0 aromatic carbocycles. The van der Waals surface area contributed by atoms with Crippen LogP contribution in [0.3, 0.4) is 0 Å². The molecule has 114 valence electrons. The molecule has 0 radical (unpaired) electrons. The number of sulfonamides is 1. The quantitative estimate of drug-likeness (QED) is 0.581. The van der Waals surface area contributed by atoms with Gasteiger partial charge in [0.05, 0.1) is 4.92 Å². The average molecular weight is 342 g/mol. The Morgan fingerprint density at radius 1 is 1.55 bits per heavy atom. The van der Waals surface area contributed by atoms with Crippen LogP contribution < -0.4 is 10.5 Å². The van der Waals surface area contributed by atoms with Gasteiger partial charge in [-0.15, -0.1) is 11.3 Å². The lowest BCUT2D eigenvalue weighted by Crippen LogP contribution is -2.40. The molecule has 0 saturated carbocycles. The number of hydrogen-bond donors (Lipinski definition) is 2. The van der Waals surface area contributed by atoms with E-state index in [1.54, 1.807) is 0 Å². The van der Waals surface area contributed by atoms with Crippen LogP contribution >= 0.6 is 22.9 Å². The number of hydrogen-bond acceptors (Lipinski definition) is 6. The van der Waals surface area contributed by atoms with E-state index in [0.29, 0.717) is 17.8 Å². The van der Waals surface area contributed by atoms with Gasteiger partial charge in [-0.2, -0.15) is 0 Å². The van der Waals surface area contributed by atoms with Crippen molar-refractivity contribution in [2.45, 2.75) is 30.5 Å². The van der Waals surface area contributed by atoms with E-state index in [-0.39, 0.29) is 21.0 Å². The largest absolute Gasteiger partial charge is 0.329 e. The molecule has 1 aromatic heterocycles. The van der Waals surface area contributed by atoms with E-state index in [4.69, 9.17) is 17.3 Å². The summed E-state index contributed by atoms with van der Waals surface area (Å²) in [6, 6.07) is 0.540. The fourth-order valence-electron chi connectivity index (χ4n) is 1.63. The molecule has 20 heavy (non-hydrogen) atoms. The van der Waals surface area contributed by atoms with Crippen molar-refractivity contribution in [3.63, 3.8) is 0 Å². The fourth-order valence-corrected chi connectivity index (χ4v) is 4.58. The summed E-state index contributed by atoms with van der Waals surface area (Å²) in [4.78, 5) is 9.96. The van der Waals surface area contributed by atoms with Crippen LogP contribution in [0, 0.1) is 16.0 Å². The summed E-state index contributed by atoms with van der Waals surface area (Å²) in [6.07, 6.45) is 0.580. The van der Waals surface area contributed by atoms with Gasteiger partial charge in [0.25, 0.3) is 15.7 Å². The third kappa shape index (κ3) is 4.38. The second kappa shape index (κ2) is 6.81. The molecular weight excluding hydrogens is 326 g/mol. The van der Waals surface area contributed by atoms with E-state index in [9.17, 15) is 18.5 Å². The second-order valence-electron chi connectivity index (χ2n) is 4.66. The Morgan fingerprint density at radius 2 is 2.15 bits per heavy atom. The Hall–Kier alpha value is -0.740. The number of rotatable bonds is 7. The summed E-state index contributed by atoms with van der Waals surface area (Å²) >= 11 is 6.31. The van der Waals surface area contributed by atoms with Crippen molar-refractivity contribution in [1.29, 1.82) is 0 Å². The molecule has 7 nitrogen and oxygen atoms in total. The Morgan fingerprint density at radius 3 is 2.55 bits per heavy atom. The molecule has 1 aromatic rings. The first kappa shape index (κ1) is 17.3. The van der Waals surface area contributed by atoms with E-state index in [0.717, 1.165) is 6.07 Å². The first-order valence-corrected chi connectivity index (χ1v) is 8.51. The number of nitro groups is 1. The SMILES string of the molecule is CC(C)CC(CN)NS(=O)(=O)c1cc([N+](=O)[O-])c(Cl)s1. The minimum absolute atomic E-state index is 0.151. The Bertz CT molecular complexity index is 585. The van der Waals surface area contributed by atoms with E-state index in [1.807, 2.05) is 13.8 Å². The predicted molar refractivity (Wildman–Crippen MR) is 78.6 cm³/mol. The van der Waals surface area contributed by atoms with Crippen molar-refractivity contribution in [2.24, 2.45) is 11.7 Å². The van der Waals surface area contributed by atoms with Gasteiger partial charge in [-0.1, -0.05) is 25.4 Å². The molecule has 0 bridgehead atoms. The van der Waals surface area contributed by atoms with Gasteiger partial charge in [0.1, 0.15) is 4.21 Å². The molecule has 0 spiro atoms. The number of nitrogens with one attached hydrogen (secondary N) is 1. The number of nitrogens with zero attached hydrogens (tertiary/aromatic N) is 1. The Kier molecular flexibility index (Phi) is 5.90. The zero-order valence-corrected chi connectivity index (χ0v) is 13.4. The fraction of sp³-hybridized carbons (Fsp3) is 0.600. The highest BCUT2D eigenvalue weighted by Crippen LogP contribution is 2.36. The molecule has 0 saturated heterocycles. The minimum atomic E-state index is -3.85. The van der Waals surface area contributed by atoms with Crippen molar-refractivity contribution < 1.29 is 13.3 Å². The summed E-state index contributed by atoms with van der Waals surface area (Å²) in [6.45, 7) is 4.05. The van der Waals surface area contributed by atoms with Crippen LogP contribution in [-0.4, -0.2) is 25.9 Å². The molecular formula is C10H16ClN3O4S2. The lowest BCUT2D eigenvalue weighted by atomic mass is 10.1. The minimum Gasteiger partial charge on any atom is -0.329 e. The summed E-state index contributed by atoms with van der Waals surface area (Å²) < 4.78 is 26.4. The monoisotopic (exact) mass is 341 g/mol. The van der Waals surface area contributed by atoms with Crippen molar-refractivity contribution in [1.82, 2.24) is 4.72 Å². The highest BCUT2D eigenvalue weighted by Gasteiger charge is 2.27. The Balaban J connectivity index is 2.99. The molecule has 1 unspecified atom stereocenters. The van der Waals surface area contributed by atoms with E-state index >= 15 is 0 Å². The van der Waals surface area contributed by atoms with Crippen molar-refractivity contribution >= 4 is 38.6 Å². The topological polar surface area (TPSA) is 115 Å². The van der Waals surface area contributed by atoms with Gasteiger partial charge in [-0.25, -0.2) is 13.1 Å². The summed E-state index contributed by atoms with van der Waals surface area (Å²) in [5, 5.41) is 10.7. The number of nitrogens with two attached hydrogens (primary N) is 1. The molecule has 0 aliphatic heterocycles. The van der Waals surface area contributed by atoms with E-state index < -0.39 is 26.7 Å². The number of thiophene rings is 1. The summed E-state index contributed by atoms with van der Waals surface area (Å²) in [5.74, 6) is 0.271. The van der Waals surface area contributed by atoms with Gasteiger partial charge >= 0.3 is 0 Å². The van der Waals surface area contributed by atoms with Gasteiger partial charge < -0.3 is 5.73 Å². The highest BCUT2D eigenvalue weighted by atomic mass is 35.5. The lowest BCUT2D eigenvalue weighted by molar-refractivity contribution is -0.384. The van der Waals surface area contributed by atoms with Crippen LogP contribution in [0.25, 0.3) is 0 Å².